The second kappa shape index (κ2) is 7.76. The Kier molecular flexibility index (Phi) is 5.31. The summed E-state index contributed by atoms with van der Waals surface area (Å²) in [7, 11) is -3.80. The summed E-state index contributed by atoms with van der Waals surface area (Å²) in [5.74, 6) is 0.589. The number of sulfonamides is 1. The fraction of sp³-hybridized carbons (Fsp3) is 0.381. The molecule has 1 aliphatic rings. The van der Waals surface area contributed by atoms with Gasteiger partial charge in [-0.15, -0.1) is 0 Å². The molecule has 0 saturated carbocycles. The number of primary sulfonamides is 1. The van der Waals surface area contributed by atoms with Crippen LogP contribution in [-0.4, -0.2) is 24.5 Å². The van der Waals surface area contributed by atoms with E-state index in [1.54, 1.807) is 12.1 Å². The number of aryl methyl sites for hydroxylation is 2. The minimum atomic E-state index is -3.80. The standard InChI is InChI=1S/C21H25FN4O2S/c1-2-3-12-26-19-10-9-16(29(23,27)28)13-18(19)24-20(26)14-25-11-5-7-15-6-4-8-17(22)21(15)25/h4,6,8-10,13H,2-3,5,7,11-12,14H2,1H3,(H2,23,27,28). The number of nitrogens with zero attached hydrogens (tertiary/aromatic N) is 3. The average molecular weight is 417 g/mol. The number of unbranched alkanes of at least 4 members (excludes halogenated alkanes) is 1. The van der Waals surface area contributed by atoms with Crippen molar-refractivity contribution in [2.45, 2.75) is 50.6 Å². The Labute approximate surface area is 170 Å². The van der Waals surface area contributed by atoms with Crippen molar-refractivity contribution < 1.29 is 12.8 Å². The van der Waals surface area contributed by atoms with E-state index < -0.39 is 10.0 Å². The summed E-state index contributed by atoms with van der Waals surface area (Å²) in [6, 6.07) is 10.0. The zero-order chi connectivity index (χ0) is 20.6. The number of hydrogen-bond acceptors (Lipinski definition) is 4. The second-order valence-electron chi connectivity index (χ2n) is 7.50. The lowest BCUT2D eigenvalue weighted by Crippen LogP contribution is -2.31. The summed E-state index contributed by atoms with van der Waals surface area (Å²) in [6.45, 7) is 4.12. The number of rotatable bonds is 6. The molecule has 2 aromatic carbocycles. The molecule has 0 saturated heterocycles. The summed E-state index contributed by atoms with van der Waals surface area (Å²) in [5, 5.41) is 5.28. The van der Waals surface area contributed by atoms with E-state index in [1.165, 1.54) is 18.2 Å². The molecule has 0 radical (unpaired) electrons. The maximum atomic E-state index is 14.6. The van der Waals surface area contributed by atoms with Crippen LogP contribution >= 0.6 is 0 Å². The van der Waals surface area contributed by atoms with Gasteiger partial charge in [-0.3, -0.25) is 0 Å². The minimum Gasteiger partial charge on any atom is -0.361 e. The van der Waals surface area contributed by atoms with Gasteiger partial charge >= 0.3 is 0 Å². The van der Waals surface area contributed by atoms with Crippen LogP contribution in [0.25, 0.3) is 11.0 Å². The summed E-state index contributed by atoms with van der Waals surface area (Å²) in [4.78, 5) is 6.80. The number of imidazole rings is 1. The molecule has 0 atom stereocenters. The monoisotopic (exact) mass is 416 g/mol. The summed E-state index contributed by atoms with van der Waals surface area (Å²) >= 11 is 0. The third kappa shape index (κ3) is 3.86. The zero-order valence-electron chi connectivity index (χ0n) is 16.4. The van der Waals surface area contributed by atoms with Gasteiger partial charge in [0.15, 0.2) is 0 Å². The molecule has 154 valence electrons. The topological polar surface area (TPSA) is 81.2 Å². The molecule has 0 spiro atoms. The first-order valence-electron chi connectivity index (χ1n) is 9.93. The molecular formula is C21H25FN4O2S. The molecule has 2 heterocycles. The van der Waals surface area contributed by atoms with Crippen LogP contribution in [0.5, 0.6) is 0 Å². The third-order valence-electron chi connectivity index (χ3n) is 5.46. The molecule has 0 amide bonds. The molecule has 0 bridgehead atoms. The first kappa shape index (κ1) is 19.8. The fourth-order valence-electron chi connectivity index (χ4n) is 4.04. The van der Waals surface area contributed by atoms with Gasteiger partial charge in [-0.05, 0) is 49.1 Å². The van der Waals surface area contributed by atoms with E-state index in [-0.39, 0.29) is 10.7 Å². The van der Waals surface area contributed by atoms with Crippen LogP contribution in [0.3, 0.4) is 0 Å². The van der Waals surface area contributed by atoms with Gasteiger partial charge in [-0.1, -0.05) is 25.5 Å². The number of aromatic nitrogens is 2. The lowest BCUT2D eigenvalue weighted by Gasteiger charge is -2.31. The number of para-hydroxylation sites is 1. The Morgan fingerprint density at radius 3 is 2.83 bits per heavy atom. The van der Waals surface area contributed by atoms with Crippen molar-refractivity contribution >= 4 is 26.7 Å². The largest absolute Gasteiger partial charge is 0.361 e. The highest BCUT2D eigenvalue weighted by Crippen LogP contribution is 2.31. The number of nitrogens with two attached hydrogens (primary N) is 1. The highest BCUT2D eigenvalue weighted by atomic mass is 32.2. The molecule has 3 aromatic rings. The van der Waals surface area contributed by atoms with Gasteiger partial charge < -0.3 is 9.47 Å². The van der Waals surface area contributed by atoms with Crippen LogP contribution in [0.2, 0.25) is 0 Å². The van der Waals surface area contributed by atoms with Gasteiger partial charge in [0, 0.05) is 13.1 Å². The van der Waals surface area contributed by atoms with Gasteiger partial charge in [0.25, 0.3) is 0 Å². The Balaban J connectivity index is 1.77. The third-order valence-corrected chi connectivity index (χ3v) is 6.37. The number of halogens is 1. The number of fused-ring (bicyclic) bond motifs is 2. The highest BCUT2D eigenvalue weighted by Gasteiger charge is 2.23. The first-order chi connectivity index (χ1) is 13.9. The first-order valence-corrected chi connectivity index (χ1v) is 11.5. The van der Waals surface area contributed by atoms with Crippen LogP contribution in [0.1, 0.15) is 37.6 Å². The Morgan fingerprint density at radius 2 is 2.07 bits per heavy atom. The maximum absolute atomic E-state index is 14.6. The predicted molar refractivity (Wildman–Crippen MR) is 112 cm³/mol. The van der Waals surface area contributed by atoms with Crippen LogP contribution < -0.4 is 10.0 Å². The van der Waals surface area contributed by atoms with E-state index >= 15 is 0 Å². The van der Waals surface area contributed by atoms with Crippen molar-refractivity contribution in [3.63, 3.8) is 0 Å². The van der Waals surface area contributed by atoms with Crippen molar-refractivity contribution in [1.82, 2.24) is 9.55 Å². The average Bonchev–Trinajstić information content (AvgIpc) is 3.02. The number of benzene rings is 2. The van der Waals surface area contributed by atoms with E-state index in [4.69, 9.17) is 10.1 Å². The predicted octanol–water partition coefficient (Wildman–Crippen LogP) is 3.58. The summed E-state index contributed by atoms with van der Waals surface area (Å²) in [6.07, 6.45) is 3.82. The van der Waals surface area contributed by atoms with E-state index in [2.05, 4.69) is 11.5 Å². The van der Waals surface area contributed by atoms with Crippen LogP contribution in [0.4, 0.5) is 10.1 Å². The highest BCUT2D eigenvalue weighted by molar-refractivity contribution is 7.89. The van der Waals surface area contributed by atoms with Crippen LogP contribution in [0, 0.1) is 5.82 Å². The van der Waals surface area contributed by atoms with E-state index in [0.29, 0.717) is 17.7 Å². The molecular weight excluding hydrogens is 391 g/mol. The van der Waals surface area contributed by atoms with Gasteiger partial charge in [0.1, 0.15) is 11.6 Å². The van der Waals surface area contributed by atoms with Crippen LogP contribution in [-0.2, 0) is 29.5 Å². The van der Waals surface area contributed by atoms with E-state index in [0.717, 1.165) is 55.7 Å². The van der Waals surface area contributed by atoms with Crippen molar-refractivity contribution in [2.75, 3.05) is 11.4 Å². The fourth-order valence-corrected chi connectivity index (χ4v) is 4.57. The molecule has 8 heteroatoms. The summed E-state index contributed by atoms with van der Waals surface area (Å²) < 4.78 is 40.1. The molecule has 29 heavy (non-hydrogen) atoms. The molecule has 0 aliphatic carbocycles. The number of anilines is 1. The van der Waals surface area contributed by atoms with E-state index in [1.807, 2.05) is 11.0 Å². The molecule has 1 aromatic heterocycles. The van der Waals surface area contributed by atoms with E-state index in [9.17, 15) is 12.8 Å². The van der Waals surface area contributed by atoms with Crippen molar-refractivity contribution in [1.29, 1.82) is 0 Å². The lowest BCUT2D eigenvalue weighted by molar-refractivity contribution is 0.572. The molecule has 0 unspecified atom stereocenters. The van der Waals surface area contributed by atoms with Gasteiger partial charge in [0.2, 0.25) is 10.0 Å². The SMILES string of the molecule is CCCCn1c(CN2CCCc3cccc(F)c32)nc2cc(S(N)(=O)=O)ccc21. The summed E-state index contributed by atoms with van der Waals surface area (Å²) in [5.41, 5.74) is 3.13. The minimum absolute atomic E-state index is 0.0473. The number of hydrogen-bond donors (Lipinski definition) is 1. The molecule has 4 rings (SSSR count). The van der Waals surface area contributed by atoms with Crippen molar-refractivity contribution in [2.24, 2.45) is 5.14 Å². The molecule has 0 fully saturated rings. The smallest absolute Gasteiger partial charge is 0.238 e. The quantitative estimate of drug-likeness (QED) is 0.666. The van der Waals surface area contributed by atoms with Gasteiger partial charge in [0.05, 0.1) is 28.2 Å². The lowest BCUT2D eigenvalue weighted by atomic mass is 10.0. The van der Waals surface area contributed by atoms with Crippen LogP contribution in [0.15, 0.2) is 41.3 Å². The molecule has 2 N–H and O–H groups in total. The Morgan fingerprint density at radius 1 is 1.24 bits per heavy atom. The van der Waals surface area contributed by atoms with Gasteiger partial charge in [-0.2, -0.15) is 0 Å². The van der Waals surface area contributed by atoms with Crippen molar-refractivity contribution in [3.05, 3.63) is 53.6 Å². The zero-order valence-corrected chi connectivity index (χ0v) is 17.3. The second-order valence-corrected chi connectivity index (χ2v) is 9.06. The normalized spacial score (nSPS) is 14.4. The maximum Gasteiger partial charge on any atom is 0.238 e. The molecule has 1 aliphatic heterocycles. The van der Waals surface area contributed by atoms with Gasteiger partial charge in [-0.25, -0.2) is 22.9 Å². The molecule has 6 nitrogen and oxygen atoms in total. The van der Waals surface area contributed by atoms with Crippen molar-refractivity contribution in [3.8, 4) is 0 Å². The Hall–Kier alpha value is -2.45. The Bertz CT molecular complexity index is 1160.